The highest BCUT2D eigenvalue weighted by molar-refractivity contribution is 7.13. The number of para-hydroxylation sites is 1. The Balaban J connectivity index is 1.80. The number of carbonyl (C=O) groups excluding carboxylic acids is 1. The Kier molecular flexibility index (Phi) is 3.70. The van der Waals surface area contributed by atoms with E-state index in [1.807, 2.05) is 31.2 Å². The molecule has 3 rings (SSSR count). The SMILES string of the molecule is Cc1ccccc1NC(=O)c1csc(-c2cnccn2)n1. The summed E-state index contributed by atoms with van der Waals surface area (Å²) in [6.07, 6.45) is 4.83. The third-order valence-corrected chi connectivity index (χ3v) is 3.78. The van der Waals surface area contributed by atoms with E-state index in [-0.39, 0.29) is 5.91 Å². The summed E-state index contributed by atoms with van der Waals surface area (Å²) >= 11 is 1.37. The van der Waals surface area contributed by atoms with Crippen LogP contribution in [0.2, 0.25) is 0 Å². The number of aromatic nitrogens is 3. The van der Waals surface area contributed by atoms with Crippen molar-refractivity contribution in [3.05, 3.63) is 59.5 Å². The maximum Gasteiger partial charge on any atom is 0.275 e. The molecule has 21 heavy (non-hydrogen) atoms. The van der Waals surface area contributed by atoms with Gasteiger partial charge in [0.2, 0.25) is 0 Å². The lowest BCUT2D eigenvalue weighted by Crippen LogP contribution is -2.13. The Hall–Kier alpha value is -2.60. The zero-order chi connectivity index (χ0) is 14.7. The second kappa shape index (κ2) is 5.80. The Morgan fingerprint density at radius 3 is 2.86 bits per heavy atom. The number of anilines is 1. The fourth-order valence-electron chi connectivity index (χ4n) is 1.80. The summed E-state index contributed by atoms with van der Waals surface area (Å²) in [5, 5.41) is 5.26. The molecule has 2 aromatic heterocycles. The first kappa shape index (κ1) is 13.4. The molecule has 0 saturated heterocycles. The molecule has 1 aromatic carbocycles. The first-order valence-corrected chi connectivity index (χ1v) is 7.21. The van der Waals surface area contributed by atoms with Crippen molar-refractivity contribution < 1.29 is 4.79 Å². The zero-order valence-electron chi connectivity index (χ0n) is 11.3. The highest BCUT2D eigenvalue weighted by Crippen LogP contribution is 2.22. The first-order chi connectivity index (χ1) is 10.2. The summed E-state index contributed by atoms with van der Waals surface area (Å²) < 4.78 is 0. The number of hydrogen-bond donors (Lipinski definition) is 1. The van der Waals surface area contributed by atoms with Gasteiger partial charge in [0.05, 0.1) is 6.20 Å². The lowest BCUT2D eigenvalue weighted by molar-refractivity contribution is 0.102. The van der Waals surface area contributed by atoms with E-state index in [4.69, 9.17) is 0 Å². The van der Waals surface area contributed by atoms with Crippen LogP contribution in [0.25, 0.3) is 10.7 Å². The second-order valence-corrected chi connectivity index (χ2v) is 5.26. The molecule has 6 heteroatoms. The van der Waals surface area contributed by atoms with Crippen LogP contribution in [0.4, 0.5) is 5.69 Å². The highest BCUT2D eigenvalue weighted by atomic mass is 32.1. The van der Waals surface area contributed by atoms with E-state index in [2.05, 4.69) is 20.3 Å². The number of nitrogens with zero attached hydrogens (tertiary/aromatic N) is 3. The van der Waals surface area contributed by atoms with E-state index in [1.54, 1.807) is 24.0 Å². The fraction of sp³-hybridized carbons (Fsp3) is 0.0667. The third-order valence-electron chi connectivity index (χ3n) is 2.91. The van der Waals surface area contributed by atoms with Crippen molar-refractivity contribution in [1.29, 1.82) is 0 Å². The monoisotopic (exact) mass is 296 g/mol. The van der Waals surface area contributed by atoms with Crippen LogP contribution in [0.1, 0.15) is 16.1 Å². The van der Waals surface area contributed by atoms with Gasteiger partial charge >= 0.3 is 0 Å². The Bertz CT molecular complexity index is 770. The smallest absolute Gasteiger partial charge is 0.275 e. The number of nitrogens with one attached hydrogen (secondary N) is 1. The van der Waals surface area contributed by atoms with Gasteiger partial charge in [-0.15, -0.1) is 11.3 Å². The minimum atomic E-state index is -0.226. The molecule has 1 amide bonds. The average Bonchev–Trinajstić information content (AvgIpc) is 3.00. The van der Waals surface area contributed by atoms with Gasteiger partial charge in [0, 0.05) is 23.5 Å². The van der Waals surface area contributed by atoms with Crippen LogP contribution in [-0.2, 0) is 0 Å². The Morgan fingerprint density at radius 1 is 1.24 bits per heavy atom. The van der Waals surface area contributed by atoms with Crippen LogP contribution < -0.4 is 5.32 Å². The van der Waals surface area contributed by atoms with Gasteiger partial charge < -0.3 is 5.32 Å². The van der Waals surface area contributed by atoms with E-state index >= 15 is 0 Å². The predicted molar refractivity (Wildman–Crippen MR) is 82.3 cm³/mol. The fourth-order valence-corrected chi connectivity index (χ4v) is 2.56. The molecule has 5 nitrogen and oxygen atoms in total. The standard InChI is InChI=1S/C15H12N4OS/c1-10-4-2-3-5-11(10)18-14(20)13-9-21-15(19-13)12-8-16-6-7-17-12/h2-9H,1H3,(H,18,20). The van der Waals surface area contributed by atoms with Gasteiger partial charge in [-0.3, -0.25) is 14.8 Å². The molecule has 0 spiro atoms. The van der Waals surface area contributed by atoms with Crippen molar-refractivity contribution in [1.82, 2.24) is 15.0 Å². The average molecular weight is 296 g/mol. The molecule has 0 aliphatic carbocycles. The summed E-state index contributed by atoms with van der Waals surface area (Å²) in [4.78, 5) is 24.7. The second-order valence-electron chi connectivity index (χ2n) is 4.40. The molecule has 3 aromatic rings. The molecule has 1 N–H and O–H groups in total. The lowest BCUT2D eigenvalue weighted by Gasteiger charge is -2.05. The summed E-state index contributed by atoms with van der Waals surface area (Å²) in [5.41, 5.74) is 2.84. The summed E-state index contributed by atoms with van der Waals surface area (Å²) in [7, 11) is 0. The first-order valence-electron chi connectivity index (χ1n) is 6.33. The largest absolute Gasteiger partial charge is 0.320 e. The van der Waals surface area contributed by atoms with E-state index in [9.17, 15) is 4.79 Å². The third kappa shape index (κ3) is 2.95. The normalized spacial score (nSPS) is 10.3. The summed E-state index contributed by atoms with van der Waals surface area (Å²) in [6.45, 7) is 1.95. The van der Waals surface area contributed by atoms with Crippen LogP contribution in [0.3, 0.4) is 0 Å². The van der Waals surface area contributed by atoms with Crippen LogP contribution in [0.5, 0.6) is 0 Å². The topological polar surface area (TPSA) is 67.8 Å². The number of carbonyl (C=O) groups is 1. The van der Waals surface area contributed by atoms with Crippen molar-refractivity contribution >= 4 is 22.9 Å². The molecular weight excluding hydrogens is 284 g/mol. The molecule has 0 bridgehead atoms. The van der Waals surface area contributed by atoms with Crippen molar-refractivity contribution in [3.63, 3.8) is 0 Å². The zero-order valence-corrected chi connectivity index (χ0v) is 12.1. The van der Waals surface area contributed by atoms with Crippen LogP contribution in [0.15, 0.2) is 48.2 Å². The molecule has 0 aliphatic rings. The van der Waals surface area contributed by atoms with Crippen molar-refractivity contribution in [2.24, 2.45) is 0 Å². The van der Waals surface area contributed by atoms with Crippen molar-refractivity contribution in [3.8, 4) is 10.7 Å². The number of aryl methyl sites for hydroxylation is 1. The van der Waals surface area contributed by atoms with Gasteiger partial charge in [0.15, 0.2) is 0 Å². The van der Waals surface area contributed by atoms with Gasteiger partial charge in [-0.05, 0) is 18.6 Å². The maximum atomic E-state index is 12.2. The summed E-state index contributed by atoms with van der Waals surface area (Å²) in [5.74, 6) is -0.226. The molecule has 0 atom stereocenters. The van der Waals surface area contributed by atoms with Crippen LogP contribution in [-0.4, -0.2) is 20.9 Å². The number of rotatable bonds is 3. The number of benzene rings is 1. The van der Waals surface area contributed by atoms with Gasteiger partial charge in [-0.2, -0.15) is 0 Å². The number of amides is 1. The molecule has 0 saturated carbocycles. The lowest BCUT2D eigenvalue weighted by atomic mass is 10.2. The maximum absolute atomic E-state index is 12.2. The van der Waals surface area contributed by atoms with Crippen molar-refractivity contribution in [2.45, 2.75) is 6.92 Å². The molecule has 0 aliphatic heterocycles. The quantitative estimate of drug-likeness (QED) is 0.806. The number of thiazole rings is 1. The Morgan fingerprint density at radius 2 is 2.10 bits per heavy atom. The summed E-state index contributed by atoms with van der Waals surface area (Å²) in [6, 6.07) is 7.62. The molecule has 2 heterocycles. The van der Waals surface area contributed by atoms with E-state index < -0.39 is 0 Å². The molecule has 0 unspecified atom stereocenters. The van der Waals surface area contributed by atoms with E-state index in [0.29, 0.717) is 16.4 Å². The minimum absolute atomic E-state index is 0.226. The number of hydrogen-bond acceptors (Lipinski definition) is 5. The highest BCUT2D eigenvalue weighted by Gasteiger charge is 2.13. The Labute approximate surface area is 125 Å². The molecule has 0 fully saturated rings. The van der Waals surface area contributed by atoms with Gasteiger partial charge in [-0.25, -0.2) is 4.98 Å². The van der Waals surface area contributed by atoms with Gasteiger partial charge in [0.25, 0.3) is 5.91 Å². The van der Waals surface area contributed by atoms with Gasteiger partial charge in [0.1, 0.15) is 16.4 Å². The van der Waals surface area contributed by atoms with Gasteiger partial charge in [-0.1, -0.05) is 18.2 Å². The van der Waals surface area contributed by atoms with Crippen LogP contribution in [0, 0.1) is 6.92 Å². The van der Waals surface area contributed by atoms with E-state index in [0.717, 1.165) is 11.3 Å². The van der Waals surface area contributed by atoms with Crippen molar-refractivity contribution in [2.75, 3.05) is 5.32 Å². The van der Waals surface area contributed by atoms with E-state index in [1.165, 1.54) is 11.3 Å². The minimum Gasteiger partial charge on any atom is -0.320 e. The molecule has 0 radical (unpaired) electrons. The predicted octanol–water partition coefficient (Wildman–Crippen LogP) is 3.16. The van der Waals surface area contributed by atoms with Crippen LogP contribution >= 0.6 is 11.3 Å². The molecule has 104 valence electrons. The molecular formula is C15H12N4OS.